The Kier molecular flexibility index (Phi) is 3.25. The van der Waals surface area contributed by atoms with Crippen molar-refractivity contribution < 1.29 is 2.74 Å². The summed E-state index contributed by atoms with van der Waals surface area (Å²) in [5.41, 5.74) is 3.23. The van der Waals surface area contributed by atoms with Crippen molar-refractivity contribution in [3.63, 3.8) is 0 Å². The van der Waals surface area contributed by atoms with Gasteiger partial charge in [-0.15, -0.1) is 12.4 Å². The second-order valence-electron chi connectivity index (χ2n) is 5.65. The topological polar surface area (TPSA) is 35.8 Å². The average Bonchev–Trinajstić information content (AvgIpc) is 2.44. The number of hydrogen-bond donors (Lipinski definition) is 1. The van der Waals surface area contributed by atoms with Crippen molar-refractivity contribution in [3.8, 4) is 6.07 Å². The van der Waals surface area contributed by atoms with Crippen LogP contribution in [0.15, 0.2) is 36.4 Å². The molecule has 1 atom stereocenters. The number of benzene rings is 1. The van der Waals surface area contributed by atoms with Gasteiger partial charge in [-0.3, -0.25) is 0 Å². The SMILES string of the molecule is Cl.[2H]C([2H])=C1CC2(CCN[C@H](c3ccc(C#N)cc3)C2)C1. The molecule has 0 aromatic heterocycles. The van der Waals surface area contributed by atoms with Gasteiger partial charge in [-0.25, -0.2) is 0 Å². The smallest absolute Gasteiger partial charge is 0.0991 e. The van der Waals surface area contributed by atoms with Gasteiger partial charge in [0.15, 0.2) is 0 Å². The van der Waals surface area contributed by atoms with Crippen molar-refractivity contribution in [2.24, 2.45) is 5.41 Å². The summed E-state index contributed by atoms with van der Waals surface area (Å²) >= 11 is 0. The van der Waals surface area contributed by atoms with E-state index in [-0.39, 0.29) is 18.9 Å². The van der Waals surface area contributed by atoms with Gasteiger partial charge in [0.25, 0.3) is 0 Å². The first kappa shape index (κ1) is 11.5. The molecular weight excluding hydrogens is 256 g/mol. The highest BCUT2D eigenvalue weighted by Crippen LogP contribution is 2.53. The van der Waals surface area contributed by atoms with Crippen LogP contribution in [0.25, 0.3) is 0 Å². The minimum atomic E-state index is 0. The molecule has 3 rings (SSSR count). The van der Waals surface area contributed by atoms with E-state index in [4.69, 9.17) is 8.00 Å². The third-order valence-corrected chi connectivity index (χ3v) is 4.30. The van der Waals surface area contributed by atoms with Crippen molar-refractivity contribution >= 4 is 12.4 Å². The zero-order valence-corrected chi connectivity index (χ0v) is 11.6. The maximum absolute atomic E-state index is 8.84. The minimum Gasteiger partial charge on any atom is -0.310 e. The predicted molar refractivity (Wildman–Crippen MR) is 79.2 cm³/mol. The second-order valence-corrected chi connectivity index (χ2v) is 5.65. The molecule has 0 unspecified atom stereocenters. The van der Waals surface area contributed by atoms with E-state index in [1.54, 1.807) is 0 Å². The second kappa shape index (κ2) is 5.36. The van der Waals surface area contributed by atoms with E-state index in [0.29, 0.717) is 17.0 Å². The first-order valence-corrected chi connectivity index (χ1v) is 6.51. The van der Waals surface area contributed by atoms with Crippen LogP contribution in [0.5, 0.6) is 0 Å². The van der Waals surface area contributed by atoms with Crippen LogP contribution in [-0.4, -0.2) is 6.54 Å². The molecule has 0 bridgehead atoms. The summed E-state index contributed by atoms with van der Waals surface area (Å²) in [5, 5.41) is 12.4. The van der Waals surface area contributed by atoms with E-state index in [1.807, 2.05) is 24.3 Å². The monoisotopic (exact) mass is 276 g/mol. The number of hydrogen-bond acceptors (Lipinski definition) is 2. The van der Waals surface area contributed by atoms with Crippen molar-refractivity contribution in [2.75, 3.05) is 6.54 Å². The van der Waals surface area contributed by atoms with Gasteiger partial charge in [0.2, 0.25) is 0 Å². The van der Waals surface area contributed by atoms with E-state index in [0.717, 1.165) is 37.8 Å². The number of halogens is 1. The Labute approximate surface area is 123 Å². The quantitative estimate of drug-likeness (QED) is 0.793. The Hall–Kier alpha value is -1.30. The van der Waals surface area contributed by atoms with E-state index in [1.165, 1.54) is 5.56 Å². The highest BCUT2D eigenvalue weighted by atomic mass is 35.5. The third kappa shape index (κ3) is 2.68. The maximum atomic E-state index is 8.84. The van der Waals surface area contributed by atoms with Gasteiger partial charge in [-0.1, -0.05) is 24.2 Å². The van der Waals surface area contributed by atoms with Crippen LogP contribution in [0.2, 0.25) is 0 Å². The van der Waals surface area contributed by atoms with Gasteiger partial charge < -0.3 is 5.32 Å². The first-order chi connectivity index (χ1) is 9.62. The fraction of sp³-hybridized carbons (Fsp3) is 0.438. The summed E-state index contributed by atoms with van der Waals surface area (Å²) in [4.78, 5) is 0. The predicted octanol–water partition coefficient (Wildman–Crippen LogP) is 3.74. The zero-order valence-electron chi connectivity index (χ0n) is 12.8. The molecule has 1 saturated carbocycles. The first-order valence-electron chi connectivity index (χ1n) is 7.51. The van der Waals surface area contributed by atoms with E-state index in [2.05, 4.69) is 11.4 Å². The molecule has 1 aliphatic carbocycles. The molecule has 1 saturated heterocycles. The Bertz CT molecular complexity index is 577. The normalized spacial score (nSPS) is 25.4. The molecule has 1 heterocycles. The lowest BCUT2D eigenvalue weighted by atomic mass is 9.59. The number of nitriles is 1. The van der Waals surface area contributed by atoms with Gasteiger partial charge in [0.1, 0.15) is 0 Å². The van der Waals surface area contributed by atoms with E-state index in [9.17, 15) is 0 Å². The zero-order chi connectivity index (χ0) is 14.2. The number of piperidine rings is 1. The molecule has 1 N–H and O–H groups in total. The summed E-state index contributed by atoms with van der Waals surface area (Å²) in [6.45, 7) is 1.01. The molecule has 1 spiro atoms. The lowest BCUT2D eigenvalue weighted by Crippen LogP contribution is -2.43. The number of nitrogens with zero attached hydrogens (tertiary/aromatic N) is 1. The van der Waals surface area contributed by atoms with Gasteiger partial charge in [-0.2, -0.15) is 5.26 Å². The van der Waals surface area contributed by atoms with Crippen molar-refractivity contribution in [1.82, 2.24) is 5.32 Å². The molecule has 100 valence electrons. The van der Waals surface area contributed by atoms with Crippen LogP contribution >= 0.6 is 12.4 Å². The average molecular weight is 277 g/mol. The number of nitrogens with one attached hydrogen (secondary N) is 1. The van der Waals surface area contributed by atoms with Crippen LogP contribution in [0.4, 0.5) is 0 Å². The molecule has 0 amide bonds. The number of rotatable bonds is 1. The van der Waals surface area contributed by atoms with Gasteiger partial charge in [0, 0.05) is 6.04 Å². The molecule has 2 aliphatic rings. The minimum absolute atomic E-state index is 0. The standard InChI is InChI=1S/C16H18N2.ClH/c1-12-8-16(9-12)6-7-18-15(10-16)14-4-2-13(11-17)3-5-14;/h2-5,15,18H,1,6-10H2;1H/t15-;/m0./s1/i1D2;. The lowest BCUT2D eigenvalue weighted by molar-refractivity contribution is 0.112. The van der Waals surface area contributed by atoms with Crippen molar-refractivity contribution in [2.45, 2.75) is 31.7 Å². The van der Waals surface area contributed by atoms with Gasteiger partial charge >= 0.3 is 0 Å². The summed E-state index contributed by atoms with van der Waals surface area (Å²) < 4.78 is 14.8. The summed E-state index contributed by atoms with van der Waals surface area (Å²) in [6, 6.07) is 10.3. The van der Waals surface area contributed by atoms with Crippen LogP contribution < -0.4 is 5.32 Å². The molecular formula is C16H19ClN2. The van der Waals surface area contributed by atoms with Crippen molar-refractivity contribution in [1.29, 1.82) is 5.26 Å². The summed E-state index contributed by atoms with van der Waals surface area (Å²) in [6.07, 6.45) is 4.04. The molecule has 2 fully saturated rings. The third-order valence-electron chi connectivity index (χ3n) is 4.30. The number of allylic oxidation sites excluding steroid dienone is 1. The fourth-order valence-corrected chi connectivity index (χ4v) is 3.32. The Morgan fingerprint density at radius 2 is 2.11 bits per heavy atom. The van der Waals surface area contributed by atoms with Crippen LogP contribution in [0.3, 0.4) is 0 Å². The molecule has 1 aromatic carbocycles. The molecule has 2 nitrogen and oxygen atoms in total. The van der Waals surface area contributed by atoms with Gasteiger partial charge in [0.05, 0.1) is 14.4 Å². The molecule has 1 aliphatic heterocycles. The summed E-state index contributed by atoms with van der Waals surface area (Å²) in [7, 11) is 0. The molecule has 1 aromatic rings. The van der Waals surface area contributed by atoms with E-state index >= 15 is 0 Å². The highest BCUT2D eigenvalue weighted by molar-refractivity contribution is 5.85. The highest BCUT2D eigenvalue weighted by Gasteiger charge is 2.43. The Balaban J connectivity index is 0.00000161. The molecule has 0 radical (unpaired) electrons. The van der Waals surface area contributed by atoms with Crippen LogP contribution in [0.1, 0.15) is 45.6 Å². The maximum Gasteiger partial charge on any atom is 0.0991 e. The lowest BCUT2D eigenvalue weighted by Gasteiger charge is -2.49. The van der Waals surface area contributed by atoms with Gasteiger partial charge in [-0.05, 0) is 55.3 Å². The van der Waals surface area contributed by atoms with Crippen molar-refractivity contribution in [3.05, 3.63) is 47.5 Å². The molecule has 3 heteroatoms. The fourth-order valence-electron chi connectivity index (χ4n) is 3.32. The Morgan fingerprint density at radius 3 is 2.74 bits per heavy atom. The summed E-state index contributed by atoms with van der Waals surface area (Å²) in [5.74, 6) is 0. The van der Waals surface area contributed by atoms with Crippen LogP contribution in [-0.2, 0) is 0 Å². The van der Waals surface area contributed by atoms with E-state index < -0.39 is 0 Å². The molecule has 19 heavy (non-hydrogen) atoms. The largest absolute Gasteiger partial charge is 0.310 e. The Morgan fingerprint density at radius 1 is 1.37 bits per heavy atom. The van der Waals surface area contributed by atoms with Crippen LogP contribution in [0, 0.1) is 16.7 Å².